The molecule has 1 aliphatic rings. The van der Waals surface area contributed by atoms with Crippen molar-refractivity contribution in [1.29, 1.82) is 0 Å². The summed E-state index contributed by atoms with van der Waals surface area (Å²) in [5.41, 5.74) is 1.28. The number of benzene rings is 1. The molecular weight excluding hydrogens is 302 g/mol. The lowest BCUT2D eigenvalue weighted by molar-refractivity contribution is -0.154. The fraction of sp³-hybridized carbons (Fsp3) is 0.650. The van der Waals surface area contributed by atoms with Crippen LogP contribution in [0.15, 0.2) is 30.3 Å². The van der Waals surface area contributed by atoms with Gasteiger partial charge in [0, 0.05) is 37.5 Å². The van der Waals surface area contributed by atoms with Crippen LogP contribution in [0.2, 0.25) is 0 Å². The predicted molar refractivity (Wildman–Crippen MR) is 95.9 cm³/mol. The van der Waals surface area contributed by atoms with E-state index in [0.717, 1.165) is 12.8 Å². The number of rotatable bonds is 9. The standard InChI is InChI=1S/C20H31NO3/c1-15-18(20(2,3)19(15)23-4)21-17(22)11-8-13-24-14-12-16-9-6-5-7-10-16/h5-7,9-10,15,18-19H,8,11-14H2,1-4H3,(H,21,22)/t15-,18+,19+/m0/s1. The van der Waals surface area contributed by atoms with Crippen molar-refractivity contribution in [1.82, 2.24) is 5.32 Å². The SMILES string of the molecule is CO[C@@H]1[C@@H](C)[C@@H](NC(=O)CCCOCCc2ccccc2)C1(C)C. The van der Waals surface area contributed by atoms with Crippen LogP contribution in [0, 0.1) is 11.3 Å². The van der Waals surface area contributed by atoms with E-state index in [1.807, 2.05) is 18.2 Å². The summed E-state index contributed by atoms with van der Waals surface area (Å²) < 4.78 is 11.1. The molecule has 0 spiro atoms. The van der Waals surface area contributed by atoms with Gasteiger partial charge in [0.15, 0.2) is 0 Å². The number of ether oxygens (including phenoxy) is 2. The van der Waals surface area contributed by atoms with Crippen molar-refractivity contribution in [2.75, 3.05) is 20.3 Å². The molecule has 1 aromatic rings. The van der Waals surface area contributed by atoms with Crippen molar-refractivity contribution in [3.8, 4) is 0 Å². The molecule has 0 radical (unpaired) electrons. The first-order valence-corrected chi connectivity index (χ1v) is 8.90. The Morgan fingerprint density at radius 3 is 2.54 bits per heavy atom. The molecule has 3 atom stereocenters. The van der Waals surface area contributed by atoms with Crippen LogP contribution >= 0.6 is 0 Å². The number of carbonyl (C=O) groups excluding carboxylic acids is 1. The van der Waals surface area contributed by atoms with Crippen molar-refractivity contribution in [3.05, 3.63) is 35.9 Å². The highest BCUT2D eigenvalue weighted by Crippen LogP contribution is 2.46. The van der Waals surface area contributed by atoms with Crippen LogP contribution in [0.5, 0.6) is 0 Å². The average Bonchev–Trinajstić information content (AvgIpc) is 2.57. The van der Waals surface area contributed by atoms with E-state index in [9.17, 15) is 4.79 Å². The smallest absolute Gasteiger partial charge is 0.220 e. The summed E-state index contributed by atoms with van der Waals surface area (Å²) in [6, 6.07) is 10.5. The second-order valence-electron chi connectivity index (χ2n) is 7.33. The molecule has 1 aliphatic carbocycles. The van der Waals surface area contributed by atoms with Crippen LogP contribution in [-0.4, -0.2) is 38.4 Å². The van der Waals surface area contributed by atoms with Gasteiger partial charge in [0.25, 0.3) is 0 Å². The molecule has 0 saturated heterocycles. The van der Waals surface area contributed by atoms with Gasteiger partial charge in [-0.25, -0.2) is 0 Å². The van der Waals surface area contributed by atoms with E-state index in [1.165, 1.54) is 5.56 Å². The zero-order valence-corrected chi connectivity index (χ0v) is 15.4. The minimum Gasteiger partial charge on any atom is -0.381 e. The van der Waals surface area contributed by atoms with E-state index >= 15 is 0 Å². The summed E-state index contributed by atoms with van der Waals surface area (Å²) in [5, 5.41) is 3.16. The zero-order chi connectivity index (χ0) is 17.6. The highest BCUT2D eigenvalue weighted by Gasteiger charge is 2.55. The summed E-state index contributed by atoms with van der Waals surface area (Å²) in [6.07, 6.45) is 2.40. The molecule has 4 heteroatoms. The van der Waals surface area contributed by atoms with Gasteiger partial charge < -0.3 is 14.8 Å². The maximum atomic E-state index is 12.1. The van der Waals surface area contributed by atoms with Gasteiger partial charge in [0.05, 0.1) is 12.7 Å². The van der Waals surface area contributed by atoms with Gasteiger partial charge in [-0.15, -0.1) is 0 Å². The van der Waals surface area contributed by atoms with Crippen LogP contribution in [-0.2, 0) is 20.7 Å². The number of nitrogens with one attached hydrogen (secondary N) is 1. The predicted octanol–water partition coefficient (Wildman–Crippen LogP) is 3.20. The molecule has 2 rings (SSSR count). The summed E-state index contributed by atoms with van der Waals surface area (Å²) >= 11 is 0. The Balaban J connectivity index is 1.57. The van der Waals surface area contributed by atoms with E-state index in [0.29, 0.717) is 25.6 Å². The van der Waals surface area contributed by atoms with Crippen LogP contribution in [0.4, 0.5) is 0 Å². The molecule has 0 aromatic heterocycles. The van der Waals surface area contributed by atoms with Gasteiger partial charge in [-0.2, -0.15) is 0 Å². The topological polar surface area (TPSA) is 47.6 Å². The van der Waals surface area contributed by atoms with Gasteiger partial charge in [-0.1, -0.05) is 51.1 Å². The molecule has 1 amide bonds. The molecule has 134 valence electrons. The van der Waals surface area contributed by atoms with Gasteiger partial charge in [0.2, 0.25) is 5.91 Å². The Bertz CT molecular complexity index is 515. The fourth-order valence-electron chi connectivity index (χ4n) is 3.94. The highest BCUT2D eigenvalue weighted by atomic mass is 16.5. The number of hydrogen-bond acceptors (Lipinski definition) is 3. The Morgan fingerprint density at radius 1 is 1.21 bits per heavy atom. The van der Waals surface area contributed by atoms with Gasteiger partial charge in [-0.05, 0) is 18.4 Å². The third-order valence-electron chi connectivity index (χ3n) is 5.18. The lowest BCUT2D eigenvalue weighted by atomic mass is 9.58. The molecule has 24 heavy (non-hydrogen) atoms. The Hall–Kier alpha value is -1.39. The van der Waals surface area contributed by atoms with Crippen molar-refractivity contribution in [3.63, 3.8) is 0 Å². The molecule has 1 fully saturated rings. The average molecular weight is 333 g/mol. The largest absolute Gasteiger partial charge is 0.381 e. The van der Waals surface area contributed by atoms with Crippen LogP contribution in [0.3, 0.4) is 0 Å². The monoisotopic (exact) mass is 333 g/mol. The summed E-state index contributed by atoms with van der Waals surface area (Å²) in [6.45, 7) is 7.77. The Kier molecular flexibility index (Phi) is 6.81. The number of carbonyl (C=O) groups is 1. The third kappa shape index (κ3) is 4.58. The second-order valence-corrected chi connectivity index (χ2v) is 7.33. The maximum Gasteiger partial charge on any atom is 0.220 e. The molecule has 0 unspecified atom stereocenters. The van der Waals surface area contributed by atoms with Crippen molar-refractivity contribution in [2.24, 2.45) is 11.3 Å². The van der Waals surface area contributed by atoms with E-state index < -0.39 is 0 Å². The fourth-order valence-corrected chi connectivity index (χ4v) is 3.94. The van der Waals surface area contributed by atoms with E-state index in [2.05, 4.69) is 38.2 Å². The second kappa shape index (κ2) is 8.63. The molecule has 0 heterocycles. The molecule has 0 bridgehead atoms. The number of methoxy groups -OCH3 is 1. The zero-order valence-electron chi connectivity index (χ0n) is 15.4. The molecule has 1 saturated carbocycles. The van der Waals surface area contributed by atoms with Crippen LogP contribution in [0.25, 0.3) is 0 Å². The normalized spacial score (nSPS) is 25.1. The first kappa shape index (κ1) is 18.9. The summed E-state index contributed by atoms with van der Waals surface area (Å²) in [5.74, 6) is 0.470. The molecule has 4 nitrogen and oxygen atoms in total. The number of amides is 1. The molecule has 1 aromatic carbocycles. The summed E-state index contributed by atoms with van der Waals surface area (Å²) in [4.78, 5) is 12.1. The Morgan fingerprint density at radius 2 is 1.92 bits per heavy atom. The van der Waals surface area contributed by atoms with Gasteiger partial charge in [-0.3, -0.25) is 4.79 Å². The van der Waals surface area contributed by atoms with Crippen molar-refractivity contribution >= 4 is 5.91 Å². The van der Waals surface area contributed by atoms with Crippen molar-refractivity contribution in [2.45, 2.75) is 52.2 Å². The van der Waals surface area contributed by atoms with E-state index in [4.69, 9.17) is 9.47 Å². The maximum absolute atomic E-state index is 12.1. The first-order valence-electron chi connectivity index (χ1n) is 8.90. The number of hydrogen-bond donors (Lipinski definition) is 1. The highest BCUT2D eigenvalue weighted by molar-refractivity contribution is 5.76. The molecule has 0 aliphatic heterocycles. The first-order chi connectivity index (χ1) is 11.5. The quantitative estimate of drug-likeness (QED) is 0.706. The third-order valence-corrected chi connectivity index (χ3v) is 5.18. The van der Waals surface area contributed by atoms with E-state index in [1.54, 1.807) is 7.11 Å². The van der Waals surface area contributed by atoms with Crippen LogP contribution < -0.4 is 5.32 Å². The molecular formula is C20H31NO3. The van der Waals surface area contributed by atoms with Crippen molar-refractivity contribution < 1.29 is 14.3 Å². The lowest BCUT2D eigenvalue weighted by Gasteiger charge is -2.56. The Labute approximate surface area is 145 Å². The minimum atomic E-state index is -0.00396. The van der Waals surface area contributed by atoms with Crippen LogP contribution in [0.1, 0.15) is 39.2 Å². The summed E-state index contributed by atoms with van der Waals surface area (Å²) in [7, 11) is 1.74. The molecule has 1 N–H and O–H groups in total. The van der Waals surface area contributed by atoms with E-state index in [-0.39, 0.29) is 23.5 Å². The van der Waals surface area contributed by atoms with Gasteiger partial charge >= 0.3 is 0 Å². The lowest BCUT2D eigenvalue weighted by Crippen LogP contribution is -2.67. The van der Waals surface area contributed by atoms with Gasteiger partial charge in [0.1, 0.15) is 0 Å². The minimum absolute atomic E-state index is 0.00396.